The van der Waals surface area contributed by atoms with Crippen LogP contribution in [-0.4, -0.2) is 33.3 Å². The molecule has 100 valence electrons. The summed E-state index contributed by atoms with van der Waals surface area (Å²) < 4.78 is 10.6. The molecule has 0 aliphatic carbocycles. The predicted molar refractivity (Wildman–Crippen MR) is 67.6 cm³/mol. The van der Waals surface area contributed by atoms with Crippen molar-refractivity contribution in [1.29, 1.82) is 0 Å². The molecule has 1 saturated heterocycles. The van der Waals surface area contributed by atoms with E-state index in [9.17, 15) is 0 Å². The molecule has 0 bridgehead atoms. The van der Waals surface area contributed by atoms with Crippen molar-refractivity contribution in [2.75, 3.05) is 13.2 Å². The lowest BCUT2D eigenvalue weighted by Crippen LogP contribution is -2.00. The molecule has 1 fully saturated rings. The lowest BCUT2D eigenvalue weighted by molar-refractivity contribution is 0.192. The van der Waals surface area contributed by atoms with Crippen LogP contribution in [0.5, 0.6) is 0 Å². The molecule has 0 saturated carbocycles. The fourth-order valence-electron chi connectivity index (χ4n) is 2.00. The highest BCUT2D eigenvalue weighted by Crippen LogP contribution is 2.25. The van der Waals surface area contributed by atoms with Crippen molar-refractivity contribution in [1.82, 2.24) is 20.1 Å². The van der Waals surface area contributed by atoms with Gasteiger partial charge in [0.25, 0.3) is 5.89 Å². The number of aromatic nitrogens is 4. The van der Waals surface area contributed by atoms with E-state index in [0.29, 0.717) is 24.2 Å². The zero-order valence-corrected chi connectivity index (χ0v) is 11.0. The van der Waals surface area contributed by atoms with Crippen LogP contribution in [0.2, 0.25) is 0 Å². The summed E-state index contributed by atoms with van der Waals surface area (Å²) in [6, 6.07) is 0. The van der Waals surface area contributed by atoms with Gasteiger partial charge in [0.2, 0.25) is 0 Å². The Morgan fingerprint density at radius 1 is 1.26 bits per heavy atom. The second kappa shape index (κ2) is 5.05. The second-order valence-electron chi connectivity index (χ2n) is 5.00. The van der Waals surface area contributed by atoms with Gasteiger partial charge >= 0.3 is 0 Å². The Balaban J connectivity index is 1.81. The fraction of sp³-hybridized carbons (Fsp3) is 0.538. The van der Waals surface area contributed by atoms with E-state index >= 15 is 0 Å². The van der Waals surface area contributed by atoms with Gasteiger partial charge in [0.1, 0.15) is 5.82 Å². The van der Waals surface area contributed by atoms with Crippen LogP contribution in [0.15, 0.2) is 16.9 Å². The molecule has 3 heterocycles. The molecule has 0 spiro atoms. The van der Waals surface area contributed by atoms with Gasteiger partial charge in [-0.15, -0.1) is 0 Å². The van der Waals surface area contributed by atoms with Crippen molar-refractivity contribution in [2.24, 2.45) is 0 Å². The number of rotatable bonds is 3. The molecule has 19 heavy (non-hydrogen) atoms. The molecule has 6 heteroatoms. The Hall–Kier alpha value is -1.82. The van der Waals surface area contributed by atoms with Gasteiger partial charge in [0.15, 0.2) is 5.82 Å². The number of hydrogen-bond acceptors (Lipinski definition) is 6. The Morgan fingerprint density at radius 2 is 2.05 bits per heavy atom. The predicted octanol–water partition coefficient (Wildman–Crippen LogP) is 2.15. The Kier molecular flexibility index (Phi) is 3.25. The van der Waals surface area contributed by atoms with Crippen LogP contribution in [0.1, 0.15) is 43.8 Å². The van der Waals surface area contributed by atoms with Crippen LogP contribution in [0.3, 0.4) is 0 Å². The Bertz CT molecular complexity index is 544. The molecule has 1 aliphatic rings. The van der Waals surface area contributed by atoms with E-state index in [0.717, 1.165) is 24.4 Å². The van der Waals surface area contributed by atoms with Gasteiger partial charge in [0.05, 0.1) is 12.2 Å². The molecule has 3 rings (SSSR count). The van der Waals surface area contributed by atoms with Gasteiger partial charge in [-0.1, -0.05) is 19.0 Å². The van der Waals surface area contributed by atoms with E-state index in [1.165, 1.54) is 0 Å². The summed E-state index contributed by atoms with van der Waals surface area (Å²) in [5.74, 6) is 2.54. The lowest BCUT2D eigenvalue weighted by Gasteiger charge is -2.02. The monoisotopic (exact) mass is 260 g/mol. The normalized spacial score (nSPS) is 19.2. The Morgan fingerprint density at radius 3 is 2.68 bits per heavy atom. The van der Waals surface area contributed by atoms with Crippen molar-refractivity contribution in [2.45, 2.75) is 32.1 Å². The van der Waals surface area contributed by atoms with Crippen LogP contribution >= 0.6 is 0 Å². The molecular weight excluding hydrogens is 244 g/mol. The highest BCUT2D eigenvalue weighted by molar-refractivity contribution is 5.49. The first-order valence-electron chi connectivity index (χ1n) is 6.47. The minimum atomic E-state index is 0.244. The summed E-state index contributed by atoms with van der Waals surface area (Å²) in [6.07, 6.45) is 4.40. The van der Waals surface area contributed by atoms with Crippen molar-refractivity contribution < 1.29 is 9.26 Å². The first kappa shape index (κ1) is 12.2. The average Bonchev–Trinajstić information content (AvgIpc) is 3.10. The van der Waals surface area contributed by atoms with Crippen LogP contribution in [0.25, 0.3) is 11.5 Å². The first-order valence-corrected chi connectivity index (χ1v) is 6.47. The van der Waals surface area contributed by atoms with Crippen molar-refractivity contribution >= 4 is 0 Å². The van der Waals surface area contributed by atoms with E-state index in [4.69, 9.17) is 9.26 Å². The van der Waals surface area contributed by atoms with Gasteiger partial charge in [-0.05, 0) is 6.42 Å². The second-order valence-corrected chi connectivity index (χ2v) is 5.00. The molecule has 6 nitrogen and oxygen atoms in total. The van der Waals surface area contributed by atoms with Crippen LogP contribution in [0.4, 0.5) is 0 Å². The fourth-order valence-corrected chi connectivity index (χ4v) is 2.00. The SMILES string of the molecule is CC(C)c1ncc(-c2nc([C@H]3CCOC3)no2)cn1. The van der Waals surface area contributed by atoms with Crippen LogP contribution in [0, 0.1) is 0 Å². The van der Waals surface area contributed by atoms with Crippen molar-refractivity contribution in [3.8, 4) is 11.5 Å². The largest absolute Gasteiger partial charge is 0.381 e. The number of ether oxygens (including phenoxy) is 1. The summed E-state index contributed by atoms with van der Waals surface area (Å²) in [7, 11) is 0. The first-order chi connectivity index (χ1) is 9.24. The van der Waals surface area contributed by atoms with E-state index < -0.39 is 0 Å². The minimum absolute atomic E-state index is 0.244. The minimum Gasteiger partial charge on any atom is -0.381 e. The zero-order valence-electron chi connectivity index (χ0n) is 11.0. The highest BCUT2D eigenvalue weighted by Gasteiger charge is 2.23. The maximum atomic E-state index is 5.32. The van der Waals surface area contributed by atoms with Crippen molar-refractivity contribution in [3.63, 3.8) is 0 Å². The number of hydrogen-bond donors (Lipinski definition) is 0. The van der Waals surface area contributed by atoms with E-state index in [1.54, 1.807) is 12.4 Å². The summed E-state index contributed by atoms with van der Waals surface area (Å²) in [5.41, 5.74) is 0.752. The van der Waals surface area contributed by atoms with Crippen molar-refractivity contribution in [3.05, 3.63) is 24.0 Å². The summed E-state index contributed by atoms with van der Waals surface area (Å²) in [4.78, 5) is 13.0. The maximum Gasteiger partial charge on any atom is 0.261 e. The molecule has 1 atom stereocenters. The maximum absolute atomic E-state index is 5.32. The summed E-state index contributed by atoms with van der Waals surface area (Å²) in [6.45, 7) is 5.54. The van der Waals surface area contributed by atoms with E-state index in [2.05, 4.69) is 34.0 Å². The quantitative estimate of drug-likeness (QED) is 0.841. The smallest absolute Gasteiger partial charge is 0.261 e. The molecule has 0 aromatic carbocycles. The Labute approximate surface area is 111 Å². The van der Waals surface area contributed by atoms with Gasteiger partial charge in [-0.3, -0.25) is 0 Å². The van der Waals surface area contributed by atoms with E-state index in [-0.39, 0.29) is 5.92 Å². The highest BCUT2D eigenvalue weighted by atomic mass is 16.5. The molecule has 1 aliphatic heterocycles. The van der Waals surface area contributed by atoms with Crippen LogP contribution in [-0.2, 0) is 4.74 Å². The summed E-state index contributed by atoms with van der Waals surface area (Å²) >= 11 is 0. The average molecular weight is 260 g/mol. The van der Waals surface area contributed by atoms with Gasteiger partial charge in [-0.25, -0.2) is 9.97 Å². The van der Waals surface area contributed by atoms with Gasteiger partial charge in [0, 0.05) is 30.8 Å². The summed E-state index contributed by atoms with van der Waals surface area (Å²) in [5, 5.41) is 4.01. The molecular formula is C13H16N4O2. The third-order valence-corrected chi connectivity index (χ3v) is 3.17. The van der Waals surface area contributed by atoms with Gasteiger partial charge < -0.3 is 9.26 Å². The molecule has 0 N–H and O–H groups in total. The molecule has 2 aromatic rings. The standard InChI is InChI=1S/C13H16N4O2/c1-8(2)11-14-5-10(6-15-11)13-16-12(17-19-13)9-3-4-18-7-9/h5-6,8-9H,3-4,7H2,1-2H3/t9-/m0/s1. The number of nitrogens with zero attached hydrogens (tertiary/aromatic N) is 4. The molecule has 0 radical (unpaired) electrons. The van der Waals surface area contributed by atoms with Gasteiger partial charge in [-0.2, -0.15) is 4.98 Å². The zero-order chi connectivity index (χ0) is 13.2. The lowest BCUT2D eigenvalue weighted by atomic mass is 10.1. The third kappa shape index (κ3) is 2.49. The third-order valence-electron chi connectivity index (χ3n) is 3.17. The topological polar surface area (TPSA) is 73.9 Å². The molecule has 2 aromatic heterocycles. The van der Waals surface area contributed by atoms with Crippen LogP contribution < -0.4 is 0 Å². The molecule has 0 unspecified atom stereocenters. The molecule has 0 amide bonds. The van der Waals surface area contributed by atoms with E-state index in [1.807, 2.05) is 0 Å².